The fourth-order valence-corrected chi connectivity index (χ4v) is 3.11. The maximum atomic E-state index is 12.8. The van der Waals surface area contributed by atoms with Crippen molar-refractivity contribution in [2.45, 2.75) is 25.6 Å². The third kappa shape index (κ3) is 4.72. The molecule has 0 aliphatic carbocycles. The number of piperazine rings is 1. The molecule has 1 aromatic rings. The van der Waals surface area contributed by atoms with Crippen LogP contribution in [0.4, 0.5) is 13.2 Å². The lowest BCUT2D eigenvalue weighted by molar-refractivity contribution is -0.153. The zero-order valence-corrected chi connectivity index (χ0v) is 14.5. The Balaban J connectivity index is 2.16. The highest BCUT2D eigenvalue weighted by molar-refractivity contribution is 5.99. The topological polar surface area (TPSA) is 52.7 Å². The van der Waals surface area contributed by atoms with Gasteiger partial charge in [0.1, 0.15) is 0 Å². The Morgan fingerprint density at radius 2 is 1.84 bits per heavy atom. The van der Waals surface area contributed by atoms with E-state index in [4.69, 9.17) is 0 Å². The van der Waals surface area contributed by atoms with E-state index in [1.165, 1.54) is 18.0 Å². The molecule has 1 heterocycles. The van der Waals surface area contributed by atoms with Crippen molar-refractivity contribution in [3.63, 3.8) is 0 Å². The first-order valence-corrected chi connectivity index (χ1v) is 7.97. The first-order chi connectivity index (χ1) is 11.5. The Hall–Kier alpha value is -2.09. The highest BCUT2D eigenvalue weighted by Gasteiger charge is 2.40. The minimum atomic E-state index is -4.26. The van der Waals surface area contributed by atoms with Gasteiger partial charge in [-0.3, -0.25) is 14.5 Å². The molecule has 0 atom stereocenters. The van der Waals surface area contributed by atoms with Crippen LogP contribution in [0.5, 0.6) is 0 Å². The van der Waals surface area contributed by atoms with Crippen LogP contribution in [0.1, 0.15) is 34.6 Å². The number of nitrogens with zero attached hydrogens (tertiary/aromatic N) is 2. The van der Waals surface area contributed by atoms with Crippen molar-refractivity contribution in [1.29, 1.82) is 0 Å². The van der Waals surface area contributed by atoms with Gasteiger partial charge >= 0.3 is 6.18 Å². The minimum Gasteiger partial charge on any atom is -0.355 e. The van der Waals surface area contributed by atoms with E-state index in [9.17, 15) is 22.8 Å². The predicted molar refractivity (Wildman–Crippen MR) is 87.4 cm³/mol. The summed E-state index contributed by atoms with van der Waals surface area (Å²) in [6.07, 6.45) is -4.26. The lowest BCUT2D eigenvalue weighted by Crippen LogP contribution is -2.62. The Morgan fingerprint density at radius 1 is 1.20 bits per heavy atom. The molecule has 2 amide bonds. The average molecular weight is 357 g/mol. The van der Waals surface area contributed by atoms with Gasteiger partial charge in [0.2, 0.25) is 0 Å². The summed E-state index contributed by atoms with van der Waals surface area (Å²) in [5.41, 5.74) is -0.0378. The second kappa shape index (κ2) is 7.03. The fraction of sp³-hybridized carbons (Fsp3) is 0.529. The van der Waals surface area contributed by atoms with E-state index in [2.05, 4.69) is 5.32 Å². The minimum absolute atomic E-state index is 0.132. The summed E-state index contributed by atoms with van der Waals surface area (Å²) in [6.45, 7) is 3.00. The SMILES string of the molecule is CNC(=O)c1cccc(C(=O)N2CCN(CC(F)(F)F)CC2(C)C)c1. The Morgan fingerprint density at radius 3 is 2.40 bits per heavy atom. The van der Waals surface area contributed by atoms with Crippen molar-refractivity contribution in [3.05, 3.63) is 35.4 Å². The zero-order valence-electron chi connectivity index (χ0n) is 14.5. The monoisotopic (exact) mass is 357 g/mol. The number of rotatable bonds is 3. The second-order valence-electron chi connectivity index (χ2n) is 6.75. The summed E-state index contributed by atoms with van der Waals surface area (Å²) in [6, 6.07) is 6.32. The van der Waals surface area contributed by atoms with Crippen LogP contribution >= 0.6 is 0 Å². The van der Waals surface area contributed by atoms with E-state index >= 15 is 0 Å². The van der Waals surface area contributed by atoms with Crippen molar-refractivity contribution < 1.29 is 22.8 Å². The molecule has 5 nitrogen and oxygen atoms in total. The Labute approximate surface area is 144 Å². The fourth-order valence-electron chi connectivity index (χ4n) is 3.11. The first-order valence-electron chi connectivity index (χ1n) is 7.97. The number of benzene rings is 1. The molecular weight excluding hydrogens is 335 g/mol. The molecule has 0 saturated carbocycles. The molecule has 8 heteroatoms. The van der Waals surface area contributed by atoms with Crippen LogP contribution in [0.2, 0.25) is 0 Å². The number of nitrogens with one attached hydrogen (secondary N) is 1. The van der Waals surface area contributed by atoms with Crippen LogP contribution in [0.15, 0.2) is 24.3 Å². The molecule has 138 valence electrons. The van der Waals surface area contributed by atoms with Gasteiger partial charge < -0.3 is 10.2 Å². The normalized spacial score (nSPS) is 18.1. The summed E-state index contributed by atoms with van der Waals surface area (Å²) in [5, 5.41) is 2.49. The highest BCUT2D eigenvalue weighted by Crippen LogP contribution is 2.26. The van der Waals surface area contributed by atoms with Gasteiger partial charge in [0.15, 0.2) is 0 Å². The van der Waals surface area contributed by atoms with E-state index in [1.54, 1.807) is 36.9 Å². The average Bonchev–Trinajstić information content (AvgIpc) is 2.51. The molecular formula is C17H22F3N3O2. The lowest BCUT2D eigenvalue weighted by Gasteiger charge is -2.47. The molecule has 1 aliphatic rings. The third-order valence-electron chi connectivity index (χ3n) is 4.23. The lowest BCUT2D eigenvalue weighted by atomic mass is 9.97. The van der Waals surface area contributed by atoms with Gasteiger partial charge in [-0.15, -0.1) is 0 Å². The smallest absolute Gasteiger partial charge is 0.355 e. The predicted octanol–water partition coefficient (Wildman–Crippen LogP) is 2.14. The van der Waals surface area contributed by atoms with Gasteiger partial charge in [0.05, 0.1) is 12.1 Å². The molecule has 1 saturated heterocycles. The molecule has 0 bridgehead atoms. The molecule has 1 fully saturated rings. The maximum absolute atomic E-state index is 12.8. The molecule has 1 N–H and O–H groups in total. The van der Waals surface area contributed by atoms with Gasteiger partial charge in [0, 0.05) is 37.8 Å². The number of hydrogen-bond acceptors (Lipinski definition) is 3. The molecule has 0 spiro atoms. The highest BCUT2D eigenvalue weighted by atomic mass is 19.4. The van der Waals surface area contributed by atoms with Crippen molar-refractivity contribution in [2.75, 3.05) is 33.2 Å². The summed E-state index contributed by atoms with van der Waals surface area (Å²) in [7, 11) is 1.50. The van der Waals surface area contributed by atoms with Crippen LogP contribution in [-0.2, 0) is 0 Å². The van der Waals surface area contributed by atoms with E-state index in [1.807, 2.05) is 0 Å². The Bertz CT molecular complexity index is 659. The van der Waals surface area contributed by atoms with Gasteiger partial charge in [-0.1, -0.05) is 6.07 Å². The van der Waals surface area contributed by atoms with Crippen LogP contribution in [0, 0.1) is 0 Å². The molecule has 2 rings (SSSR count). The first kappa shape index (κ1) is 19.2. The quantitative estimate of drug-likeness (QED) is 0.902. The molecule has 0 unspecified atom stereocenters. The molecule has 1 aliphatic heterocycles. The van der Waals surface area contributed by atoms with E-state index in [0.717, 1.165) is 0 Å². The van der Waals surface area contributed by atoms with E-state index in [-0.39, 0.29) is 31.4 Å². The van der Waals surface area contributed by atoms with Crippen LogP contribution in [-0.4, -0.2) is 66.6 Å². The number of amides is 2. The zero-order chi connectivity index (χ0) is 18.8. The Kier molecular flexibility index (Phi) is 5.41. The van der Waals surface area contributed by atoms with Crippen LogP contribution in [0.3, 0.4) is 0 Å². The van der Waals surface area contributed by atoms with Crippen molar-refractivity contribution in [1.82, 2.24) is 15.1 Å². The van der Waals surface area contributed by atoms with Gasteiger partial charge in [-0.2, -0.15) is 13.2 Å². The summed E-state index contributed by atoms with van der Waals surface area (Å²) >= 11 is 0. The molecule has 0 aromatic heterocycles. The van der Waals surface area contributed by atoms with Crippen molar-refractivity contribution >= 4 is 11.8 Å². The van der Waals surface area contributed by atoms with Gasteiger partial charge in [-0.25, -0.2) is 0 Å². The van der Waals surface area contributed by atoms with Crippen molar-refractivity contribution in [2.24, 2.45) is 0 Å². The largest absolute Gasteiger partial charge is 0.401 e. The standard InChI is InChI=1S/C17H22F3N3O2/c1-16(2)10-22(11-17(18,19)20)7-8-23(16)15(25)13-6-4-5-12(9-13)14(24)21-3/h4-6,9H,7-8,10-11H2,1-3H3,(H,21,24). The molecule has 25 heavy (non-hydrogen) atoms. The van der Waals surface area contributed by atoms with Crippen molar-refractivity contribution in [3.8, 4) is 0 Å². The van der Waals surface area contributed by atoms with Gasteiger partial charge in [0.25, 0.3) is 11.8 Å². The number of alkyl halides is 3. The molecule has 0 radical (unpaired) electrons. The van der Waals surface area contributed by atoms with Crippen LogP contribution < -0.4 is 5.32 Å². The number of carbonyl (C=O) groups excluding carboxylic acids is 2. The third-order valence-corrected chi connectivity index (χ3v) is 4.23. The second-order valence-corrected chi connectivity index (χ2v) is 6.75. The van der Waals surface area contributed by atoms with E-state index < -0.39 is 18.3 Å². The number of halogens is 3. The molecule has 1 aromatic carbocycles. The summed E-state index contributed by atoms with van der Waals surface area (Å²) < 4.78 is 37.8. The maximum Gasteiger partial charge on any atom is 0.401 e. The number of hydrogen-bond donors (Lipinski definition) is 1. The van der Waals surface area contributed by atoms with Gasteiger partial charge in [-0.05, 0) is 32.0 Å². The summed E-state index contributed by atoms with van der Waals surface area (Å²) in [4.78, 5) is 27.4. The summed E-state index contributed by atoms with van der Waals surface area (Å²) in [5.74, 6) is -0.591. The van der Waals surface area contributed by atoms with Crippen LogP contribution in [0.25, 0.3) is 0 Å². The van der Waals surface area contributed by atoms with E-state index in [0.29, 0.717) is 11.1 Å². The number of carbonyl (C=O) groups is 2.